The zero-order valence-corrected chi connectivity index (χ0v) is 16.2. The highest BCUT2D eigenvalue weighted by Crippen LogP contribution is 2.22. The molecule has 0 aliphatic carbocycles. The van der Waals surface area contributed by atoms with Gasteiger partial charge >= 0.3 is 0 Å². The molecule has 2 aromatic heterocycles. The van der Waals surface area contributed by atoms with E-state index in [1.54, 1.807) is 17.3 Å². The number of aromatic nitrogens is 5. The second-order valence-electron chi connectivity index (χ2n) is 6.98. The Morgan fingerprint density at radius 2 is 1.82 bits per heavy atom. The van der Waals surface area contributed by atoms with Crippen LogP contribution in [0.3, 0.4) is 0 Å². The number of hydrogen-bond acceptors (Lipinski definition) is 4. The highest BCUT2D eigenvalue weighted by molar-refractivity contribution is 5.34. The van der Waals surface area contributed by atoms with Crippen LogP contribution in [0.15, 0.2) is 79.6 Å². The minimum atomic E-state index is 0.270. The van der Waals surface area contributed by atoms with Crippen LogP contribution in [0, 0.1) is 0 Å². The fraction of sp³-hybridized carbons (Fsp3) is 0.227. The molecule has 0 aliphatic rings. The van der Waals surface area contributed by atoms with E-state index >= 15 is 0 Å². The molecule has 2 aromatic carbocycles. The van der Waals surface area contributed by atoms with Gasteiger partial charge in [0.2, 0.25) is 0 Å². The van der Waals surface area contributed by atoms with E-state index in [0.29, 0.717) is 0 Å². The van der Waals surface area contributed by atoms with Crippen LogP contribution in [0.1, 0.15) is 29.9 Å². The molecular weight excluding hydrogens is 348 g/mol. The smallest absolute Gasteiger partial charge is 0.138 e. The molecule has 1 atom stereocenters. The lowest BCUT2D eigenvalue weighted by molar-refractivity contribution is 0.244. The first-order chi connectivity index (χ1) is 13.7. The third kappa shape index (κ3) is 4.02. The lowest BCUT2D eigenvalue weighted by Gasteiger charge is -2.25. The first-order valence-corrected chi connectivity index (χ1v) is 9.40. The second-order valence-corrected chi connectivity index (χ2v) is 6.98. The number of hydrogen-bond donors (Lipinski definition) is 0. The van der Waals surface area contributed by atoms with Gasteiger partial charge in [-0.25, -0.2) is 14.6 Å². The van der Waals surface area contributed by atoms with Crippen molar-refractivity contribution in [2.45, 2.75) is 26.1 Å². The van der Waals surface area contributed by atoms with Gasteiger partial charge in [-0.2, -0.15) is 5.10 Å². The first-order valence-electron chi connectivity index (χ1n) is 9.40. The van der Waals surface area contributed by atoms with Crippen molar-refractivity contribution in [1.82, 2.24) is 29.2 Å². The Kier molecular flexibility index (Phi) is 5.30. The summed E-state index contributed by atoms with van der Waals surface area (Å²) in [6, 6.07) is 19.2. The molecule has 2 heterocycles. The molecule has 6 heteroatoms. The normalized spacial score (nSPS) is 12.4. The van der Waals surface area contributed by atoms with E-state index in [0.717, 1.165) is 24.6 Å². The monoisotopic (exact) mass is 372 g/mol. The summed E-state index contributed by atoms with van der Waals surface area (Å²) in [6.07, 6.45) is 7.18. The van der Waals surface area contributed by atoms with Gasteiger partial charge in [-0.05, 0) is 37.2 Å². The van der Waals surface area contributed by atoms with Gasteiger partial charge in [0.05, 0.1) is 12.2 Å². The van der Waals surface area contributed by atoms with Crippen molar-refractivity contribution < 1.29 is 0 Å². The van der Waals surface area contributed by atoms with Gasteiger partial charge in [0.15, 0.2) is 0 Å². The van der Waals surface area contributed by atoms with Crippen molar-refractivity contribution in [2.75, 3.05) is 7.05 Å². The van der Waals surface area contributed by atoms with Crippen molar-refractivity contribution in [1.29, 1.82) is 0 Å². The minimum absolute atomic E-state index is 0.270. The van der Waals surface area contributed by atoms with Crippen molar-refractivity contribution in [3.8, 4) is 5.69 Å². The fourth-order valence-electron chi connectivity index (χ4n) is 3.28. The average Bonchev–Trinajstić information content (AvgIpc) is 3.41. The predicted octanol–water partition coefficient (Wildman–Crippen LogP) is 3.71. The SMILES string of the molecule is C[C@@H](c1ccc(-n2cncn2)cc1)N(C)Cc1nccn1Cc1ccccc1. The highest BCUT2D eigenvalue weighted by atomic mass is 15.3. The predicted molar refractivity (Wildman–Crippen MR) is 109 cm³/mol. The number of nitrogens with zero attached hydrogens (tertiary/aromatic N) is 6. The number of benzene rings is 2. The van der Waals surface area contributed by atoms with Crippen LogP contribution in [0.2, 0.25) is 0 Å². The Morgan fingerprint density at radius 3 is 2.54 bits per heavy atom. The third-order valence-electron chi connectivity index (χ3n) is 5.11. The van der Waals surface area contributed by atoms with Crippen molar-refractivity contribution in [2.24, 2.45) is 0 Å². The average molecular weight is 372 g/mol. The molecular formula is C22H24N6. The van der Waals surface area contributed by atoms with Crippen molar-refractivity contribution >= 4 is 0 Å². The third-order valence-corrected chi connectivity index (χ3v) is 5.11. The maximum atomic E-state index is 4.58. The lowest BCUT2D eigenvalue weighted by atomic mass is 10.1. The maximum absolute atomic E-state index is 4.58. The number of rotatable bonds is 7. The van der Waals surface area contributed by atoms with Gasteiger partial charge in [-0.3, -0.25) is 4.90 Å². The van der Waals surface area contributed by atoms with Crippen LogP contribution < -0.4 is 0 Å². The van der Waals surface area contributed by atoms with Gasteiger partial charge in [0.1, 0.15) is 18.5 Å². The zero-order chi connectivity index (χ0) is 19.3. The maximum Gasteiger partial charge on any atom is 0.138 e. The topological polar surface area (TPSA) is 51.8 Å². The standard InChI is InChI=1S/C22H24N6/c1-18(20-8-10-21(11-9-20)28-17-23-16-25-28)26(2)15-22-24-12-13-27(22)14-19-6-4-3-5-7-19/h3-13,16-18H,14-15H2,1-2H3/t18-/m0/s1. The van der Waals surface area contributed by atoms with E-state index in [4.69, 9.17) is 0 Å². The van der Waals surface area contributed by atoms with E-state index in [1.165, 1.54) is 11.1 Å². The Labute approximate surface area is 165 Å². The Balaban J connectivity index is 1.44. The van der Waals surface area contributed by atoms with Gasteiger partial charge in [-0.1, -0.05) is 42.5 Å². The second kappa shape index (κ2) is 8.19. The molecule has 0 saturated heterocycles. The molecule has 4 aromatic rings. The molecule has 0 N–H and O–H groups in total. The molecule has 0 radical (unpaired) electrons. The Bertz CT molecular complexity index is 989. The van der Waals surface area contributed by atoms with E-state index < -0.39 is 0 Å². The first kappa shape index (κ1) is 18.1. The largest absolute Gasteiger partial charge is 0.329 e. The molecule has 142 valence electrons. The Morgan fingerprint density at radius 1 is 1.04 bits per heavy atom. The van der Waals surface area contributed by atoms with E-state index in [9.17, 15) is 0 Å². The van der Waals surface area contributed by atoms with Crippen LogP contribution in [-0.4, -0.2) is 36.3 Å². The quantitative estimate of drug-likeness (QED) is 0.496. The van der Waals surface area contributed by atoms with Gasteiger partial charge in [-0.15, -0.1) is 0 Å². The zero-order valence-electron chi connectivity index (χ0n) is 16.2. The van der Waals surface area contributed by atoms with E-state index in [1.807, 2.05) is 18.5 Å². The summed E-state index contributed by atoms with van der Waals surface area (Å²) in [5, 5.41) is 4.17. The molecule has 0 unspecified atom stereocenters. The molecule has 6 nitrogen and oxygen atoms in total. The summed E-state index contributed by atoms with van der Waals surface area (Å²) in [5.74, 6) is 1.07. The molecule has 0 spiro atoms. The van der Waals surface area contributed by atoms with Crippen LogP contribution in [0.25, 0.3) is 5.69 Å². The van der Waals surface area contributed by atoms with Crippen LogP contribution in [0.5, 0.6) is 0 Å². The van der Waals surface area contributed by atoms with Crippen LogP contribution in [0.4, 0.5) is 0 Å². The van der Waals surface area contributed by atoms with Gasteiger partial charge < -0.3 is 4.57 Å². The lowest BCUT2D eigenvalue weighted by Crippen LogP contribution is -2.24. The van der Waals surface area contributed by atoms with Crippen LogP contribution in [-0.2, 0) is 13.1 Å². The van der Waals surface area contributed by atoms with E-state index in [2.05, 4.69) is 87.0 Å². The summed E-state index contributed by atoms with van der Waals surface area (Å²) in [4.78, 5) is 10.9. The molecule has 0 bridgehead atoms. The van der Waals surface area contributed by atoms with Gasteiger partial charge in [0, 0.05) is 25.0 Å². The molecule has 0 aliphatic heterocycles. The molecule has 0 amide bonds. The fourth-order valence-corrected chi connectivity index (χ4v) is 3.28. The van der Waals surface area contributed by atoms with E-state index in [-0.39, 0.29) is 6.04 Å². The van der Waals surface area contributed by atoms with Crippen LogP contribution >= 0.6 is 0 Å². The summed E-state index contributed by atoms with van der Waals surface area (Å²) in [6.45, 7) is 3.84. The highest BCUT2D eigenvalue weighted by Gasteiger charge is 2.15. The molecule has 0 saturated carbocycles. The summed E-state index contributed by atoms with van der Waals surface area (Å²) in [5.41, 5.74) is 3.54. The number of imidazole rings is 1. The summed E-state index contributed by atoms with van der Waals surface area (Å²) >= 11 is 0. The molecule has 0 fully saturated rings. The summed E-state index contributed by atoms with van der Waals surface area (Å²) in [7, 11) is 2.14. The summed E-state index contributed by atoms with van der Waals surface area (Å²) < 4.78 is 3.98. The minimum Gasteiger partial charge on any atom is -0.329 e. The van der Waals surface area contributed by atoms with Gasteiger partial charge in [0.25, 0.3) is 0 Å². The molecule has 4 rings (SSSR count). The Hall–Kier alpha value is -3.25. The van der Waals surface area contributed by atoms with Crippen molar-refractivity contribution in [3.05, 3.63) is 96.6 Å². The molecule has 28 heavy (non-hydrogen) atoms. The van der Waals surface area contributed by atoms with Crippen molar-refractivity contribution in [3.63, 3.8) is 0 Å².